The summed E-state index contributed by atoms with van der Waals surface area (Å²) in [7, 11) is 0. The van der Waals surface area contributed by atoms with E-state index < -0.39 is 0 Å². The first-order chi connectivity index (χ1) is 8.22. The topological polar surface area (TPSA) is 51.6 Å². The summed E-state index contributed by atoms with van der Waals surface area (Å²) < 4.78 is 0. The van der Waals surface area contributed by atoms with Crippen LogP contribution in [0.4, 0.5) is 5.82 Å². The second kappa shape index (κ2) is 4.92. The highest BCUT2D eigenvalue weighted by molar-refractivity contribution is 5.91. The smallest absolute Gasteiger partial charge is 0.122 e. The van der Waals surface area contributed by atoms with E-state index in [-0.39, 0.29) is 0 Å². The monoisotopic (exact) mass is 227 g/mol. The largest absolute Gasteiger partial charge is 0.370 e. The maximum absolute atomic E-state index is 9.20. The zero-order valence-corrected chi connectivity index (χ0v) is 10.2. The van der Waals surface area contributed by atoms with Crippen LogP contribution in [0.25, 0.3) is 10.9 Å². The Hall–Kier alpha value is -1.95. The molecule has 0 aliphatic rings. The minimum atomic E-state index is 0.664. The Kier molecular flexibility index (Phi) is 3.34. The van der Waals surface area contributed by atoms with Crippen molar-refractivity contribution in [3.63, 3.8) is 0 Å². The molecule has 1 aromatic heterocycles. The summed E-state index contributed by atoms with van der Waals surface area (Å²) in [4.78, 5) is 3.26. The summed E-state index contributed by atoms with van der Waals surface area (Å²) >= 11 is 0. The summed E-state index contributed by atoms with van der Waals surface area (Å²) in [6, 6.07) is 10.1. The second-order valence-corrected chi connectivity index (χ2v) is 4.64. The number of nitrogens with zero attached hydrogens (tertiary/aromatic N) is 1. The average molecular weight is 227 g/mol. The highest BCUT2D eigenvalue weighted by Gasteiger charge is 2.09. The number of aromatic amines is 1. The van der Waals surface area contributed by atoms with Gasteiger partial charge in [-0.2, -0.15) is 5.26 Å². The van der Waals surface area contributed by atoms with Crippen LogP contribution in [0.5, 0.6) is 0 Å². The van der Waals surface area contributed by atoms with Crippen LogP contribution < -0.4 is 5.32 Å². The van der Waals surface area contributed by atoms with Crippen LogP contribution in [0.2, 0.25) is 0 Å². The van der Waals surface area contributed by atoms with Crippen LogP contribution in [0, 0.1) is 17.2 Å². The molecule has 3 heteroatoms. The highest BCUT2D eigenvalue weighted by atomic mass is 15.0. The van der Waals surface area contributed by atoms with Gasteiger partial charge in [0, 0.05) is 17.4 Å². The Bertz CT molecular complexity index is 546. The van der Waals surface area contributed by atoms with E-state index in [1.807, 2.05) is 24.3 Å². The minimum Gasteiger partial charge on any atom is -0.370 e. The molecular weight excluding hydrogens is 210 g/mol. The number of nitriles is 1. The van der Waals surface area contributed by atoms with Gasteiger partial charge in [0.1, 0.15) is 17.5 Å². The Labute approximate surface area is 101 Å². The van der Waals surface area contributed by atoms with Crippen molar-refractivity contribution in [2.45, 2.75) is 20.3 Å². The molecule has 17 heavy (non-hydrogen) atoms. The second-order valence-electron chi connectivity index (χ2n) is 4.64. The van der Waals surface area contributed by atoms with E-state index in [9.17, 15) is 5.26 Å². The number of hydrogen-bond acceptors (Lipinski definition) is 2. The third-order valence-corrected chi connectivity index (χ3v) is 2.84. The number of anilines is 1. The number of benzene rings is 1. The third kappa shape index (κ3) is 2.42. The lowest BCUT2D eigenvalue weighted by atomic mass is 10.1. The first-order valence-electron chi connectivity index (χ1n) is 5.97. The first kappa shape index (κ1) is 11.5. The van der Waals surface area contributed by atoms with Crippen molar-refractivity contribution >= 4 is 16.7 Å². The molecule has 0 amide bonds. The van der Waals surface area contributed by atoms with Gasteiger partial charge in [-0.25, -0.2) is 0 Å². The van der Waals surface area contributed by atoms with Gasteiger partial charge in [0.25, 0.3) is 0 Å². The summed E-state index contributed by atoms with van der Waals surface area (Å²) in [5, 5.41) is 13.5. The summed E-state index contributed by atoms with van der Waals surface area (Å²) in [6.07, 6.45) is 1.10. The number of nitrogens with one attached hydrogen (secondary N) is 2. The third-order valence-electron chi connectivity index (χ3n) is 2.84. The van der Waals surface area contributed by atoms with Crippen LogP contribution >= 0.6 is 0 Å². The molecule has 88 valence electrons. The molecule has 0 aliphatic heterocycles. The molecule has 1 heterocycles. The number of rotatable bonds is 4. The number of hydrogen-bond donors (Lipinski definition) is 2. The summed E-state index contributed by atoms with van der Waals surface area (Å²) in [6.45, 7) is 5.27. The van der Waals surface area contributed by atoms with E-state index in [1.165, 1.54) is 0 Å². The van der Waals surface area contributed by atoms with Gasteiger partial charge in [0.15, 0.2) is 0 Å². The van der Waals surface area contributed by atoms with Crippen molar-refractivity contribution in [3.05, 3.63) is 29.8 Å². The van der Waals surface area contributed by atoms with E-state index in [2.05, 4.69) is 30.2 Å². The normalized spacial score (nSPS) is 10.7. The Morgan fingerprint density at radius 2 is 2.12 bits per heavy atom. The van der Waals surface area contributed by atoms with E-state index >= 15 is 0 Å². The zero-order valence-electron chi connectivity index (χ0n) is 10.2. The van der Waals surface area contributed by atoms with Crippen molar-refractivity contribution < 1.29 is 0 Å². The van der Waals surface area contributed by atoms with Crippen LogP contribution in [0.3, 0.4) is 0 Å². The molecule has 0 unspecified atom stereocenters. The Morgan fingerprint density at radius 1 is 1.35 bits per heavy atom. The maximum Gasteiger partial charge on any atom is 0.122 e. The molecule has 2 aromatic rings. The minimum absolute atomic E-state index is 0.664. The summed E-state index contributed by atoms with van der Waals surface area (Å²) in [5.74, 6) is 1.51. The lowest BCUT2D eigenvalue weighted by Crippen LogP contribution is -2.05. The number of H-pyrrole nitrogens is 1. The first-order valence-corrected chi connectivity index (χ1v) is 5.97. The van der Waals surface area contributed by atoms with Crippen molar-refractivity contribution in [1.29, 1.82) is 5.26 Å². The Balaban J connectivity index is 2.25. The van der Waals surface area contributed by atoms with Gasteiger partial charge in [0.05, 0.1) is 0 Å². The van der Waals surface area contributed by atoms with Gasteiger partial charge in [-0.3, -0.25) is 0 Å². The fraction of sp³-hybridized carbons (Fsp3) is 0.357. The van der Waals surface area contributed by atoms with Crippen molar-refractivity contribution in [2.24, 2.45) is 5.92 Å². The van der Waals surface area contributed by atoms with Gasteiger partial charge in [0.2, 0.25) is 0 Å². The molecule has 0 atom stereocenters. The van der Waals surface area contributed by atoms with Crippen LogP contribution in [-0.4, -0.2) is 11.5 Å². The molecule has 0 radical (unpaired) electrons. The van der Waals surface area contributed by atoms with Gasteiger partial charge in [-0.05, 0) is 18.4 Å². The number of para-hydroxylation sites is 1. The average Bonchev–Trinajstić information content (AvgIpc) is 2.66. The SMILES string of the molecule is CC(C)CCNc1[nH]c2ccccc2c1C#N. The molecule has 0 saturated carbocycles. The van der Waals surface area contributed by atoms with Crippen LogP contribution in [-0.2, 0) is 0 Å². The van der Waals surface area contributed by atoms with Crippen LogP contribution in [0.1, 0.15) is 25.8 Å². The molecule has 0 spiro atoms. The summed E-state index contributed by atoms with van der Waals surface area (Å²) in [5.41, 5.74) is 1.72. The number of fused-ring (bicyclic) bond motifs is 1. The molecule has 2 N–H and O–H groups in total. The predicted molar refractivity (Wildman–Crippen MR) is 71.0 cm³/mol. The molecule has 0 fully saturated rings. The molecule has 2 rings (SSSR count). The molecule has 1 aromatic carbocycles. The van der Waals surface area contributed by atoms with Gasteiger partial charge in [-0.15, -0.1) is 0 Å². The van der Waals surface area contributed by atoms with E-state index in [0.717, 1.165) is 29.7 Å². The fourth-order valence-electron chi connectivity index (χ4n) is 1.88. The van der Waals surface area contributed by atoms with Gasteiger partial charge < -0.3 is 10.3 Å². The molecule has 0 aliphatic carbocycles. The lowest BCUT2D eigenvalue weighted by molar-refractivity contribution is 0.607. The maximum atomic E-state index is 9.20. The van der Waals surface area contributed by atoms with Crippen molar-refractivity contribution in [1.82, 2.24) is 4.98 Å². The molecule has 0 saturated heterocycles. The quantitative estimate of drug-likeness (QED) is 0.840. The number of aromatic nitrogens is 1. The van der Waals surface area contributed by atoms with Crippen LogP contribution in [0.15, 0.2) is 24.3 Å². The highest BCUT2D eigenvalue weighted by Crippen LogP contribution is 2.25. The Morgan fingerprint density at radius 3 is 2.82 bits per heavy atom. The molecule has 0 bridgehead atoms. The molecular formula is C14H17N3. The van der Waals surface area contributed by atoms with Gasteiger partial charge in [-0.1, -0.05) is 32.0 Å². The van der Waals surface area contributed by atoms with Crippen molar-refractivity contribution in [2.75, 3.05) is 11.9 Å². The van der Waals surface area contributed by atoms with E-state index in [4.69, 9.17) is 0 Å². The zero-order chi connectivity index (χ0) is 12.3. The lowest BCUT2D eigenvalue weighted by Gasteiger charge is -2.06. The van der Waals surface area contributed by atoms with E-state index in [1.54, 1.807) is 0 Å². The predicted octanol–water partition coefficient (Wildman–Crippen LogP) is 3.50. The molecule has 3 nitrogen and oxygen atoms in total. The standard InChI is InChI=1S/C14H17N3/c1-10(2)7-8-16-14-12(9-15)11-5-3-4-6-13(11)17-14/h3-6,10,16-17H,7-8H2,1-2H3. The van der Waals surface area contributed by atoms with E-state index in [0.29, 0.717) is 11.5 Å². The van der Waals surface area contributed by atoms with Gasteiger partial charge >= 0.3 is 0 Å². The van der Waals surface area contributed by atoms with Crippen molar-refractivity contribution in [3.8, 4) is 6.07 Å². The fourth-order valence-corrected chi connectivity index (χ4v) is 1.88.